The van der Waals surface area contributed by atoms with Crippen LogP contribution in [0.1, 0.15) is 31.7 Å². The number of likely N-dealkylation sites (N-methyl/N-ethyl adjacent to an activating group) is 1. The maximum atomic E-state index is 12.2. The Morgan fingerprint density at radius 2 is 1.88 bits per heavy atom. The zero-order chi connectivity index (χ0) is 18.2. The average Bonchev–Trinajstić information content (AvgIpc) is 3.11. The van der Waals surface area contributed by atoms with Crippen molar-refractivity contribution in [2.24, 2.45) is 0 Å². The Hall–Kier alpha value is -1.95. The predicted octanol–water partition coefficient (Wildman–Crippen LogP) is 2.25. The zero-order valence-electron chi connectivity index (χ0n) is 15.8. The van der Waals surface area contributed by atoms with Crippen LogP contribution < -0.4 is 19.5 Å². The second-order valence-electron chi connectivity index (χ2n) is 6.26. The zero-order valence-corrected chi connectivity index (χ0v) is 15.8. The molecule has 0 unspecified atom stereocenters. The van der Waals surface area contributed by atoms with Gasteiger partial charge in [-0.05, 0) is 50.0 Å². The van der Waals surface area contributed by atoms with Crippen molar-refractivity contribution in [1.29, 1.82) is 0 Å². The minimum atomic E-state index is 0.0803. The standard InChI is InChI=1S/C19H30N2O4/c1-5-21-10-6-7-15(21)13-20-18(22)9-8-14-11-16(23-2)19(25-4)17(12-14)24-3/h11-12,15H,5-10,13H2,1-4H3,(H,20,22)/t15-/m1/s1. The van der Waals surface area contributed by atoms with Crippen LogP contribution in [0, 0.1) is 0 Å². The fourth-order valence-electron chi connectivity index (χ4n) is 3.40. The van der Waals surface area contributed by atoms with E-state index in [-0.39, 0.29) is 5.91 Å². The molecule has 1 aromatic carbocycles. The molecule has 1 saturated heterocycles. The Kier molecular flexibility index (Phi) is 7.37. The largest absolute Gasteiger partial charge is 0.493 e. The summed E-state index contributed by atoms with van der Waals surface area (Å²) >= 11 is 0. The predicted molar refractivity (Wildman–Crippen MR) is 97.7 cm³/mol. The van der Waals surface area contributed by atoms with Gasteiger partial charge in [0.1, 0.15) is 0 Å². The van der Waals surface area contributed by atoms with E-state index in [1.54, 1.807) is 21.3 Å². The van der Waals surface area contributed by atoms with Crippen molar-refractivity contribution in [3.8, 4) is 17.2 Å². The van der Waals surface area contributed by atoms with E-state index < -0.39 is 0 Å². The first-order valence-electron chi connectivity index (χ1n) is 8.92. The van der Waals surface area contributed by atoms with E-state index in [0.29, 0.717) is 36.1 Å². The van der Waals surface area contributed by atoms with Gasteiger partial charge in [-0.3, -0.25) is 9.69 Å². The lowest BCUT2D eigenvalue weighted by Crippen LogP contribution is -2.40. The summed E-state index contributed by atoms with van der Waals surface area (Å²) in [5, 5.41) is 3.07. The van der Waals surface area contributed by atoms with Gasteiger partial charge >= 0.3 is 0 Å². The molecule has 140 valence electrons. The SMILES string of the molecule is CCN1CCC[C@@H]1CNC(=O)CCc1cc(OC)c(OC)c(OC)c1. The number of nitrogens with zero attached hydrogens (tertiary/aromatic N) is 1. The number of hydrogen-bond acceptors (Lipinski definition) is 5. The van der Waals surface area contributed by atoms with Gasteiger partial charge < -0.3 is 19.5 Å². The smallest absolute Gasteiger partial charge is 0.220 e. The maximum absolute atomic E-state index is 12.2. The van der Waals surface area contributed by atoms with Gasteiger partial charge in [0.15, 0.2) is 11.5 Å². The number of aryl methyl sites for hydroxylation is 1. The van der Waals surface area contributed by atoms with Crippen molar-refractivity contribution in [2.75, 3.05) is 41.0 Å². The number of ether oxygens (including phenoxy) is 3. The van der Waals surface area contributed by atoms with E-state index in [9.17, 15) is 4.79 Å². The van der Waals surface area contributed by atoms with Crippen LogP contribution in [0.3, 0.4) is 0 Å². The first-order chi connectivity index (χ1) is 12.1. The summed E-state index contributed by atoms with van der Waals surface area (Å²) in [6.07, 6.45) is 3.46. The number of carbonyl (C=O) groups excluding carboxylic acids is 1. The third-order valence-electron chi connectivity index (χ3n) is 4.81. The number of hydrogen-bond donors (Lipinski definition) is 1. The molecule has 0 radical (unpaired) electrons. The van der Waals surface area contributed by atoms with Crippen LogP contribution in [-0.4, -0.2) is 57.8 Å². The highest BCUT2D eigenvalue weighted by Crippen LogP contribution is 2.38. The molecule has 1 N–H and O–H groups in total. The van der Waals surface area contributed by atoms with Crippen LogP contribution >= 0.6 is 0 Å². The van der Waals surface area contributed by atoms with Gasteiger partial charge in [-0.2, -0.15) is 0 Å². The fourth-order valence-corrected chi connectivity index (χ4v) is 3.40. The number of methoxy groups -OCH3 is 3. The number of amides is 1. The van der Waals surface area contributed by atoms with Gasteiger partial charge in [0.25, 0.3) is 0 Å². The summed E-state index contributed by atoms with van der Waals surface area (Å²) in [4.78, 5) is 14.6. The molecular weight excluding hydrogens is 320 g/mol. The van der Waals surface area contributed by atoms with Crippen LogP contribution in [0.15, 0.2) is 12.1 Å². The van der Waals surface area contributed by atoms with Gasteiger partial charge in [-0.25, -0.2) is 0 Å². The Morgan fingerprint density at radius 1 is 1.20 bits per heavy atom. The molecule has 1 heterocycles. The van der Waals surface area contributed by atoms with Gasteiger partial charge in [0.2, 0.25) is 11.7 Å². The molecule has 1 aliphatic rings. The highest BCUT2D eigenvalue weighted by Gasteiger charge is 2.23. The molecule has 0 spiro atoms. The Balaban J connectivity index is 1.88. The lowest BCUT2D eigenvalue weighted by Gasteiger charge is -2.22. The van der Waals surface area contributed by atoms with Crippen molar-refractivity contribution in [3.05, 3.63) is 17.7 Å². The molecular formula is C19H30N2O4. The van der Waals surface area contributed by atoms with E-state index in [4.69, 9.17) is 14.2 Å². The number of carbonyl (C=O) groups is 1. The monoisotopic (exact) mass is 350 g/mol. The summed E-state index contributed by atoms with van der Waals surface area (Å²) in [6, 6.07) is 4.27. The molecule has 1 fully saturated rings. The molecule has 6 heteroatoms. The average molecular weight is 350 g/mol. The minimum Gasteiger partial charge on any atom is -0.493 e. The van der Waals surface area contributed by atoms with Crippen molar-refractivity contribution in [1.82, 2.24) is 10.2 Å². The Bertz CT molecular complexity index is 552. The summed E-state index contributed by atoms with van der Waals surface area (Å²) < 4.78 is 16.0. The van der Waals surface area contributed by atoms with Crippen LogP contribution in [0.25, 0.3) is 0 Å². The van der Waals surface area contributed by atoms with Gasteiger partial charge in [-0.15, -0.1) is 0 Å². The van der Waals surface area contributed by atoms with E-state index in [1.165, 1.54) is 12.8 Å². The number of rotatable bonds is 9. The normalized spacial score (nSPS) is 17.4. The lowest BCUT2D eigenvalue weighted by atomic mass is 10.1. The van der Waals surface area contributed by atoms with E-state index >= 15 is 0 Å². The molecule has 0 saturated carbocycles. The van der Waals surface area contributed by atoms with E-state index in [0.717, 1.165) is 25.2 Å². The number of likely N-dealkylation sites (tertiary alicyclic amines) is 1. The molecule has 1 aromatic rings. The van der Waals surface area contributed by atoms with Gasteiger partial charge in [0.05, 0.1) is 21.3 Å². The topological polar surface area (TPSA) is 60.0 Å². The van der Waals surface area contributed by atoms with E-state index in [1.807, 2.05) is 12.1 Å². The first-order valence-corrected chi connectivity index (χ1v) is 8.92. The summed E-state index contributed by atoms with van der Waals surface area (Å²) in [6.45, 7) is 5.10. The second kappa shape index (κ2) is 9.51. The maximum Gasteiger partial charge on any atom is 0.220 e. The Labute approximate surface area is 150 Å². The third-order valence-corrected chi connectivity index (χ3v) is 4.81. The highest BCUT2D eigenvalue weighted by atomic mass is 16.5. The summed E-state index contributed by atoms with van der Waals surface area (Å²) in [7, 11) is 4.76. The summed E-state index contributed by atoms with van der Waals surface area (Å²) in [5.41, 5.74) is 0.987. The van der Waals surface area contributed by atoms with Crippen LogP contribution in [0.5, 0.6) is 17.2 Å². The number of nitrogens with one attached hydrogen (secondary N) is 1. The quantitative estimate of drug-likeness (QED) is 0.740. The molecule has 25 heavy (non-hydrogen) atoms. The molecule has 1 aliphatic heterocycles. The van der Waals surface area contributed by atoms with Crippen molar-refractivity contribution < 1.29 is 19.0 Å². The second-order valence-corrected chi connectivity index (χ2v) is 6.26. The molecule has 0 bridgehead atoms. The van der Waals surface area contributed by atoms with Crippen LogP contribution in [0.4, 0.5) is 0 Å². The van der Waals surface area contributed by atoms with Crippen LogP contribution in [0.2, 0.25) is 0 Å². The van der Waals surface area contributed by atoms with Crippen LogP contribution in [-0.2, 0) is 11.2 Å². The molecule has 0 aliphatic carbocycles. The van der Waals surface area contributed by atoms with Gasteiger partial charge in [-0.1, -0.05) is 6.92 Å². The van der Waals surface area contributed by atoms with E-state index in [2.05, 4.69) is 17.1 Å². The van der Waals surface area contributed by atoms with Crippen molar-refractivity contribution in [2.45, 2.75) is 38.6 Å². The Morgan fingerprint density at radius 3 is 2.44 bits per heavy atom. The minimum absolute atomic E-state index is 0.0803. The molecule has 2 rings (SSSR count). The highest BCUT2D eigenvalue weighted by molar-refractivity contribution is 5.76. The number of benzene rings is 1. The summed E-state index contributed by atoms with van der Waals surface area (Å²) in [5.74, 6) is 1.87. The van der Waals surface area contributed by atoms with Crippen molar-refractivity contribution in [3.63, 3.8) is 0 Å². The molecule has 1 atom stereocenters. The van der Waals surface area contributed by atoms with Crippen molar-refractivity contribution >= 4 is 5.91 Å². The fraction of sp³-hybridized carbons (Fsp3) is 0.632. The van der Waals surface area contributed by atoms with Gasteiger partial charge in [0, 0.05) is 19.0 Å². The third kappa shape index (κ3) is 5.01. The lowest BCUT2D eigenvalue weighted by molar-refractivity contribution is -0.121. The molecule has 6 nitrogen and oxygen atoms in total. The molecule has 0 aromatic heterocycles. The molecule has 1 amide bonds. The first kappa shape index (κ1) is 19.4.